The Hall–Kier alpha value is -3.32. The van der Waals surface area contributed by atoms with Gasteiger partial charge in [-0.15, -0.1) is 16.4 Å². The smallest absolute Gasteiger partial charge is 0.376 e. The Morgan fingerprint density at radius 3 is 2.37 bits per heavy atom. The Bertz CT molecular complexity index is 1020. The molecule has 0 fully saturated rings. The molecule has 2 aromatic carbocycles. The lowest BCUT2D eigenvalue weighted by molar-refractivity contribution is -0.135. The molecule has 0 saturated heterocycles. The van der Waals surface area contributed by atoms with Crippen LogP contribution in [0.15, 0.2) is 77.2 Å². The first-order chi connectivity index (χ1) is 14.6. The summed E-state index contributed by atoms with van der Waals surface area (Å²) in [6, 6.07) is 22.1. The van der Waals surface area contributed by atoms with E-state index in [4.69, 9.17) is 9.84 Å². The van der Waals surface area contributed by atoms with Gasteiger partial charge in [0.2, 0.25) is 5.84 Å². The van der Waals surface area contributed by atoms with Crippen LogP contribution in [0.2, 0.25) is 0 Å². The van der Waals surface area contributed by atoms with Crippen LogP contribution in [0.3, 0.4) is 0 Å². The standard InChI is InChI=1S/C23H24N4O2S/c1-4-29-23(28)21-24-27(19-9-6-5-7-10-19)22(20-11-8-16-30-20)26(21)18-14-12-17(13-15-18)25(2)3/h5-16,22H,4H2,1-3H3/t22-/m0/s1. The van der Waals surface area contributed by atoms with Crippen LogP contribution in [0, 0.1) is 0 Å². The molecule has 0 spiro atoms. The quantitative estimate of drug-likeness (QED) is 0.540. The van der Waals surface area contributed by atoms with Crippen molar-refractivity contribution < 1.29 is 9.53 Å². The van der Waals surface area contributed by atoms with Crippen LogP contribution in [-0.2, 0) is 9.53 Å². The number of hydrogen-bond donors (Lipinski definition) is 0. The summed E-state index contributed by atoms with van der Waals surface area (Å²) in [4.78, 5) is 17.9. The number of ether oxygens (including phenoxy) is 1. The second-order valence-electron chi connectivity index (χ2n) is 6.99. The van der Waals surface area contributed by atoms with E-state index < -0.39 is 5.97 Å². The lowest BCUT2D eigenvalue weighted by Crippen LogP contribution is -2.38. The number of thiophene rings is 1. The summed E-state index contributed by atoms with van der Waals surface area (Å²) in [6.07, 6.45) is -0.281. The topological polar surface area (TPSA) is 48.4 Å². The lowest BCUT2D eigenvalue weighted by atomic mass is 10.2. The first kappa shape index (κ1) is 20.0. The molecule has 3 aromatic rings. The van der Waals surface area contributed by atoms with Gasteiger partial charge in [-0.3, -0.25) is 4.90 Å². The van der Waals surface area contributed by atoms with Crippen LogP contribution in [0.4, 0.5) is 17.1 Å². The first-order valence-electron chi connectivity index (χ1n) is 9.80. The molecule has 7 heteroatoms. The molecule has 0 aliphatic carbocycles. The summed E-state index contributed by atoms with van der Waals surface area (Å²) in [7, 11) is 4.00. The zero-order valence-corrected chi connectivity index (χ0v) is 18.0. The maximum Gasteiger partial charge on any atom is 0.376 e. The summed E-state index contributed by atoms with van der Waals surface area (Å²) in [5.74, 6) is -0.161. The number of nitrogens with zero attached hydrogens (tertiary/aromatic N) is 4. The fourth-order valence-corrected chi connectivity index (χ4v) is 4.20. The molecule has 2 heterocycles. The Kier molecular flexibility index (Phi) is 5.72. The van der Waals surface area contributed by atoms with E-state index in [2.05, 4.69) is 6.07 Å². The van der Waals surface area contributed by atoms with E-state index in [0.29, 0.717) is 6.61 Å². The highest BCUT2D eigenvalue weighted by Gasteiger charge is 2.41. The number of benzene rings is 2. The van der Waals surface area contributed by atoms with E-state index in [1.54, 1.807) is 18.3 Å². The maximum atomic E-state index is 12.9. The Labute approximate surface area is 180 Å². The minimum Gasteiger partial charge on any atom is -0.460 e. The number of para-hydroxylation sites is 1. The van der Waals surface area contributed by atoms with E-state index >= 15 is 0 Å². The molecule has 0 N–H and O–H groups in total. The lowest BCUT2D eigenvalue weighted by Gasteiger charge is -2.31. The molecule has 6 nitrogen and oxygen atoms in total. The van der Waals surface area contributed by atoms with Gasteiger partial charge in [0.1, 0.15) is 0 Å². The van der Waals surface area contributed by atoms with Crippen molar-refractivity contribution in [1.82, 2.24) is 0 Å². The molecule has 30 heavy (non-hydrogen) atoms. The molecule has 4 rings (SSSR count). The third-order valence-electron chi connectivity index (χ3n) is 4.83. The number of carbonyl (C=O) groups excluding carboxylic acids is 1. The van der Waals surface area contributed by atoms with E-state index in [1.165, 1.54) is 0 Å². The predicted molar refractivity (Wildman–Crippen MR) is 123 cm³/mol. The summed E-state index contributed by atoms with van der Waals surface area (Å²) in [5, 5.41) is 8.65. The van der Waals surface area contributed by atoms with Crippen molar-refractivity contribution in [3.8, 4) is 0 Å². The van der Waals surface area contributed by atoms with E-state index in [-0.39, 0.29) is 12.0 Å². The van der Waals surface area contributed by atoms with Gasteiger partial charge in [0.25, 0.3) is 0 Å². The summed E-state index contributed by atoms with van der Waals surface area (Å²) < 4.78 is 5.35. The molecular weight excluding hydrogens is 396 g/mol. The number of hydrazone groups is 1. The monoisotopic (exact) mass is 420 g/mol. The van der Waals surface area contributed by atoms with E-state index in [9.17, 15) is 4.79 Å². The summed E-state index contributed by atoms with van der Waals surface area (Å²) in [5.41, 5.74) is 2.87. The van der Waals surface area contributed by atoms with Crippen molar-refractivity contribution in [2.75, 3.05) is 35.5 Å². The summed E-state index contributed by atoms with van der Waals surface area (Å²) in [6.45, 7) is 2.09. The van der Waals surface area contributed by atoms with Gasteiger partial charge in [-0.2, -0.15) is 0 Å². The van der Waals surface area contributed by atoms with Gasteiger partial charge < -0.3 is 9.64 Å². The SMILES string of the molecule is CCOC(=O)C1=NN(c2ccccc2)[C@@H](c2cccs2)N1c1ccc(N(C)C)cc1. The first-order valence-corrected chi connectivity index (χ1v) is 10.7. The molecular formula is C23H24N4O2S. The van der Waals surface area contributed by atoms with Gasteiger partial charge in [-0.1, -0.05) is 24.3 Å². The molecule has 1 aliphatic rings. The number of amidine groups is 1. The van der Waals surface area contributed by atoms with Gasteiger partial charge in [0.05, 0.1) is 12.3 Å². The van der Waals surface area contributed by atoms with Crippen LogP contribution in [0.1, 0.15) is 18.0 Å². The second-order valence-corrected chi connectivity index (χ2v) is 7.97. The number of anilines is 3. The molecule has 0 radical (unpaired) electrons. The largest absolute Gasteiger partial charge is 0.460 e. The minimum absolute atomic E-state index is 0.275. The minimum atomic E-state index is -0.436. The molecule has 0 amide bonds. The third kappa shape index (κ3) is 3.76. The second kappa shape index (κ2) is 8.59. The number of hydrogen-bond acceptors (Lipinski definition) is 7. The van der Waals surface area contributed by atoms with Gasteiger partial charge in [0, 0.05) is 30.3 Å². The van der Waals surface area contributed by atoms with Crippen LogP contribution in [-0.4, -0.2) is 32.5 Å². The molecule has 1 aliphatic heterocycles. The predicted octanol–water partition coefficient (Wildman–Crippen LogP) is 4.72. The van der Waals surface area contributed by atoms with Gasteiger partial charge in [0.15, 0.2) is 6.17 Å². The number of rotatable bonds is 6. The molecule has 1 aromatic heterocycles. The fraction of sp³-hybridized carbons (Fsp3) is 0.217. The van der Waals surface area contributed by atoms with Crippen molar-refractivity contribution in [3.63, 3.8) is 0 Å². The highest BCUT2D eigenvalue weighted by atomic mass is 32.1. The zero-order chi connectivity index (χ0) is 21.1. The van der Waals surface area contributed by atoms with Crippen molar-refractivity contribution in [3.05, 3.63) is 77.0 Å². The Morgan fingerprint density at radius 1 is 1.03 bits per heavy atom. The Balaban J connectivity index is 1.84. The highest BCUT2D eigenvalue weighted by molar-refractivity contribution is 7.10. The van der Waals surface area contributed by atoms with Crippen molar-refractivity contribution in [2.45, 2.75) is 13.1 Å². The molecule has 1 atom stereocenters. The van der Waals surface area contributed by atoms with E-state index in [0.717, 1.165) is 21.9 Å². The van der Waals surface area contributed by atoms with Crippen molar-refractivity contribution >= 4 is 40.2 Å². The normalized spacial score (nSPS) is 15.8. The van der Waals surface area contributed by atoms with Crippen LogP contribution < -0.4 is 14.8 Å². The van der Waals surface area contributed by atoms with Crippen LogP contribution >= 0.6 is 11.3 Å². The third-order valence-corrected chi connectivity index (χ3v) is 5.74. The van der Waals surface area contributed by atoms with Crippen molar-refractivity contribution in [1.29, 1.82) is 0 Å². The van der Waals surface area contributed by atoms with Gasteiger partial charge in [-0.05, 0) is 54.8 Å². The molecule has 0 unspecified atom stereocenters. The van der Waals surface area contributed by atoms with Crippen LogP contribution in [0.5, 0.6) is 0 Å². The number of carbonyl (C=O) groups is 1. The average Bonchev–Trinajstić information content (AvgIpc) is 3.42. The summed E-state index contributed by atoms with van der Waals surface area (Å²) >= 11 is 1.64. The fourth-order valence-electron chi connectivity index (χ4n) is 3.41. The average molecular weight is 421 g/mol. The molecule has 154 valence electrons. The van der Waals surface area contributed by atoms with Gasteiger partial charge >= 0.3 is 5.97 Å². The van der Waals surface area contributed by atoms with Crippen molar-refractivity contribution in [2.24, 2.45) is 5.10 Å². The highest BCUT2D eigenvalue weighted by Crippen LogP contribution is 2.40. The van der Waals surface area contributed by atoms with Gasteiger partial charge in [-0.25, -0.2) is 9.80 Å². The van der Waals surface area contributed by atoms with E-state index in [1.807, 2.05) is 94.9 Å². The number of esters is 1. The zero-order valence-electron chi connectivity index (χ0n) is 17.2. The van der Waals surface area contributed by atoms with Crippen LogP contribution in [0.25, 0.3) is 0 Å². The maximum absolute atomic E-state index is 12.9. The Morgan fingerprint density at radius 2 is 1.77 bits per heavy atom. The molecule has 0 bridgehead atoms. The molecule has 0 saturated carbocycles.